The Hall–Kier alpha value is -1.68. The van der Waals surface area contributed by atoms with Crippen molar-refractivity contribution in [1.29, 1.82) is 0 Å². The summed E-state index contributed by atoms with van der Waals surface area (Å²) >= 11 is 0. The molecule has 2 unspecified atom stereocenters. The Morgan fingerprint density at radius 1 is 1.36 bits per heavy atom. The van der Waals surface area contributed by atoms with Gasteiger partial charge < -0.3 is 9.84 Å². The van der Waals surface area contributed by atoms with Crippen LogP contribution in [0.3, 0.4) is 0 Å². The largest absolute Gasteiger partial charge is 0.455 e. The van der Waals surface area contributed by atoms with Crippen LogP contribution >= 0.6 is 0 Å². The smallest absolute Gasteiger partial charge is 0.303 e. The second-order valence-corrected chi connectivity index (χ2v) is 8.39. The molecular weight excluding hydrogens is 319 g/mol. The summed E-state index contributed by atoms with van der Waals surface area (Å²) in [6.45, 7) is 5.59. The maximum absolute atomic E-state index is 14.6. The van der Waals surface area contributed by atoms with Gasteiger partial charge >= 0.3 is 5.97 Å². The molecule has 4 aliphatic carbocycles. The van der Waals surface area contributed by atoms with Crippen molar-refractivity contribution in [2.45, 2.75) is 52.2 Å². The minimum absolute atomic E-state index is 0.0505. The van der Waals surface area contributed by atoms with Gasteiger partial charge in [-0.15, -0.1) is 0 Å². The third-order valence-corrected chi connectivity index (χ3v) is 6.89. The molecule has 0 amide bonds. The Morgan fingerprint density at radius 2 is 2.12 bits per heavy atom. The summed E-state index contributed by atoms with van der Waals surface area (Å²) < 4.78 is 20.0. The molecule has 4 aliphatic rings. The average Bonchev–Trinajstić information content (AvgIpc) is 2.79. The SMILES string of the molecule is CC(=O)OC1C(F)=C[C@H]2C3=CC=C4CC(O)C=C[C@]4(C)[C@@H]3CC[C@]12C. The van der Waals surface area contributed by atoms with E-state index in [9.17, 15) is 14.3 Å². The van der Waals surface area contributed by atoms with Gasteiger partial charge in [0.25, 0.3) is 0 Å². The Morgan fingerprint density at radius 3 is 2.84 bits per heavy atom. The van der Waals surface area contributed by atoms with E-state index in [-0.39, 0.29) is 17.2 Å². The molecule has 0 bridgehead atoms. The minimum Gasteiger partial charge on any atom is -0.455 e. The molecular formula is C21H25FO3. The zero-order chi connectivity index (χ0) is 18.0. The van der Waals surface area contributed by atoms with Crippen molar-refractivity contribution < 1.29 is 19.0 Å². The van der Waals surface area contributed by atoms with E-state index >= 15 is 0 Å². The summed E-state index contributed by atoms with van der Waals surface area (Å²) in [6, 6.07) is 0. The zero-order valence-corrected chi connectivity index (χ0v) is 15.0. The number of allylic oxidation sites excluding steroid dienone is 5. The molecule has 4 heteroatoms. The highest BCUT2D eigenvalue weighted by Gasteiger charge is 2.57. The van der Waals surface area contributed by atoms with Crippen molar-refractivity contribution in [2.75, 3.05) is 0 Å². The number of fused-ring (bicyclic) bond motifs is 5. The van der Waals surface area contributed by atoms with E-state index in [4.69, 9.17) is 4.74 Å². The molecule has 0 aliphatic heterocycles. The normalized spacial score (nSPS) is 44.8. The summed E-state index contributed by atoms with van der Waals surface area (Å²) in [4.78, 5) is 11.4. The number of esters is 1. The van der Waals surface area contributed by atoms with Crippen LogP contribution in [-0.2, 0) is 9.53 Å². The number of aliphatic hydroxyl groups is 1. The Balaban J connectivity index is 1.74. The monoisotopic (exact) mass is 344 g/mol. The highest BCUT2D eigenvalue weighted by atomic mass is 19.1. The van der Waals surface area contributed by atoms with Crippen molar-refractivity contribution in [2.24, 2.45) is 22.7 Å². The van der Waals surface area contributed by atoms with Crippen LogP contribution in [0.5, 0.6) is 0 Å². The number of carbonyl (C=O) groups is 1. The second kappa shape index (κ2) is 5.41. The molecule has 0 saturated heterocycles. The molecule has 1 saturated carbocycles. The fourth-order valence-electron chi connectivity index (χ4n) is 5.46. The highest BCUT2D eigenvalue weighted by molar-refractivity contribution is 5.66. The number of hydrogen-bond donors (Lipinski definition) is 1. The van der Waals surface area contributed by atoms with Crippen LogP contribution in [-0.4, -0.2) is 23.3 Å². The van der Waals surface area contributed by atoms with Crippen LogP contribution < -0.4 is 0 Å². The van der Waals surface area contributed by atoms with E-state index in [1.54, 1.807) is 6.08 Å². The number of aliphatic hydroxyl groups excluding tert-OH is 1. The molecule has 3 nitrogen and oxygen atoms in total. The highest BCUT2D eigenvalue weighted by Crippen LogP contribution is 2.62. The summed E-state index contributed by atoms with van der Waals surface area (Å²) in [5.74, 6) is -0.507. The van der Waals surface area contributed by atoms with E-state index in [1.807, 2.05) is 13.0 Å². The molecule has 0 spiro atoms. The van der Waals surface area contributed by atoms with Gasteiger partial charge in [0.2, 0.25) is 0 Å². The molecule has 6 atom stereocenters. The van der Waals surface area contributed by atoms with Crippen LogP contribution in [0.1, 0.15) is 40.0 Å². The van der Waals surface area contributed by atoms with Gasteiger partial charge in [-0.2, -0.15) is 0 Å². The standard InChI is InChI=1S/C21H25FO3/c1-12(23)25-19-18(22)11-17-15-5-4-13-10-14(24)6-8-20(13,2)16(15)7-9-21(17,19)3/h4-6,8,11,14,16-17,19,24H,7,9-10H2,1-3H3/t14?,16-,17+,19?,20+,21+/m1/s1. The number of carbonyl (C=O) groups excluding carboxylic acids is 1. The molecule has 4 rings (SSSR count). The van der Waals surface area contributed by atoms with E-state index < -0.39 is 23.6 Å². The molecule has 0 aromatic heterocycles. The van der Waals surface area contributed by atoms with Crippen LogP contribution in [0.4, 0.5) is 4.39 Å². The fourth-order valence-corrected chi connectivity index (χ4v) is 5.46. The van der Waals surface area contributed by atoms with Gasteiger partial charge in [0.1, 0.15) is 5.83 Å². The minimum atomic E-state index is -0.779. The molecule has 0 aromatic carbocycles. The van der Waals surface area contributed by atoms with Gasteiger partial charge in [0, 0.05) is 23.7 Å². The topological polar surface area (TPSA) is 46.5 Å². The maximum atomic E-state index is 14.6. The lowest BCUT2D eigenvalue weighted by atomic mass is 9.52. The molecule has 1 fully saturated rings. The molecule has 0 heterocycles. The lowest BCUT2D eigenvalue weighted by Crippen LogP contribution is -2.47. The van der Waals surface area contributed by atoms with Crippen LogP contribution in [0.15, 0.2) is 47.4 Å². The van der Waals surface area contributed by atoms with E-state index in [2.05, 4.69) is 25.2 Å². The lowest BCUT2D eigenvalue weighted by molar-refractivity contribution is -0.152. The van der Waals surface area contributed by atoms with Gasteiger partial charge in [0.05, 0.1) is 6.10 Å². The van der Waals surface area contributed by atoms with Crippen molar-refractivity contribution in [3.63, 3.8) is 0 Å². The first kappa shape index (κ1) is 16.8. The predicted octanol–water partition coefficient (Wildman–Crippen LogP) is 4.01. The fraction of sp³-hybridized carbons (Fsp3) is 0.571. The predicted molar refractivity (Wildman–Crippen MR) is 93.1 cm³/mol. The lowest BCUT2D eigenvalue weighted by Gasteiger charge is -2.52. The van der Waals surface area contributed by atoms with Crippen molar-refractivity contribution in [3.05, 3.63) is 47.4 Å². The number of rotatable bonds is 1. The van der Waals surface area contributed by atoms with Crippen LogP contribution in [0, 0.1) is 22.7 Å². The summed E-state index contributed by atoms with van der Waals surface area (Å²) in [5, 5.41) is 9.95. The first-order valence-corrected chi connectivity index (χ1v) is 9.08. The van der Waals surface area contributed by atoms with Gasteiger partial charge in [-0.1, -0.05) is 49.3 Å². The number of halogens is 1. The van der Waals surface area contributed by atoms with Crippen molar-refractivity contribution in [3.8, 4) is 0 Å². The van der Waals surface area contributed by atoms with Gasteiger partial charge in [-0.25, -0.2) is 4.39 Å². The molecule has 134 valence electrons. The molecule has 0 radical (unpaired) electrons. The van der Waals surface area contributed by atoms with Crippen molar-refractivity contribution >= 4 is 5.97 Å². The Labute approximate surface area is 147 Å². The Kier molecular flexibility index (Phi) is 3.63. The zero-order valence-electron chi connectivity index (χ0n) is 15.0. The Bertz CT molecular complexity index is 746. The summed E-state index contributed by atoms with van der Waals surface area (Å²) in [7, 11) is 0. The molecule has 0 aromatic rings. The first-order chi connectivity index (χ1) is 11.8. The van der Waals surface area contributed by atoms with Gasteiger partial charge in [-0.3, -0.25) is 4.79 Å². The molecule has 25 heavy (non-hydrogen) atoms. The average molecular weight is 344 g/mol. The third-order valence-electron chi connectivity index (χ3n) is 6.89. The van der Waals surface area contributed by atoms with E-state index in [0.29, 0.717) is 12.3 Å². The quantitative estimate of drug-likeness (QED) is 0.577. The van der Waals surface area contributed by atoms with Gasteiger partial charge in [-0.05, 0) is 31.3 Å². The van der Waals surface area contributed by atoms with E-state index in [1.165, 1.54) is 18.1 Å². The summed E-state index contributed by atoms with van der Waals surface area (Å²) in [5.41, 5.74) is 1.94. The number of ether oxygens (including phenoxy) is 1. The maximum Gasteiger partial charge on any atom is 0.303 e. The first-order valence-electron chi connectivity index (χ1n) is 9.08. The number of hydrogen-bond acceptors (Lipinski definition) is 3. The molecule has 1 N–H and O–H groups in total. The van der Waals surface area contributed by atoms with E-state index in [0.717, 1.165) is 12.8 Å². The van der Waals surface area contributed by atoms with Crippen LogP contribution in [0.2, 0.25) is 0 Å². The van der Waals surface area contributed by atoms with Crippen LogP contribution in [0.25, 0.3) is 0 Å². The second-order valence-electron chi connectivity index (χ2n) is 8.39. The van der Waals surface area contributed by atoms with Gasteiger partial charge in [0.15, 0.2) is 6.10 Å². The summed E-state index contributed by atoms with van der Waals surface area (Å²) in [6.07, 6.45) is 11.1. The third kappa shape index (κ3) is 2.30. The van der Waals surface area contributed by atoms with Crippen molar-refractivity contribution in [1.82, 2.24) is 0 Å².